The molecule has 0 fully saturated rings. The Morgan fingerprint density at radius 3 is 2.64 bits per heavy atom. The van der Waals surface area contributed by atoms with Crippen LogP contribution in [0.15, 0.2) is 46.5 Å². The molecule has 0 saturated heterocycles. The lowest BCUT2D eigenvalue weighted by atomic mass is 10.1. The molecule has 0 aliphatic heterocycles. The summed E-state index contributed by atoms with van der Waals surface area (Å²) in [6.07, 6.45) is 0. The quantitative estimate of drug-likeness (QED) is 0.598. The number of rotatable bonds is 6. The molecule has 0 bridgehead atoms. The molecule has 0 atom stereocenters. The van der Waals surface area contributed by atoms with Crippen molar-refractivity contribution in [3.63, 3.8) is 0 Å². The first-order chi connectivity index (χ1) is 13.2. The highest BCUT2D eigenvalue weighted by atomic mass is 32.2. The van der Waals surface area contributed by atoms with Gasteiger partial charge in [-0.2, -0.15) is 0 Å². The normalized spacial score (nSPS) is 11.7. The van der Waals surface area contributed by atoms with Crippen molar-refractivity contribution in [3.05, 3.63) is 47.5 Å². The summed E-state index contributed by atoms with van der Waals surface area (Å²) in [4.78, 5) is 16.9. The van der Waals surface area contributed by atoms with Crippen molar-refractivity contribution in [2.45, 2.75) is 37.4 Å². The van der Waals surface area contributed by atoms with Crippen LogP contribution in [0.1, 0.15) is 18.1 Å². The highest BCUT2D eigenvalue weighted by molar-refractivity contribution is 7.99. The third-order valence-corrected chi connectivity index (χ3v) is 6.22. The van der Waals surface area contributed by atoms with Crippen LogP contribution in [0.2, 0.25) is 0 Å². The highest BCUT2D eigenvalue weighted by Gasteiger charge is 2.15. The van der Waals surface area contributed by atoms with Gasteiger partial charge in [-0.15, -0.1) is 0 Å². The maximum Gasteiger partial charge on any atom is 0.238 e. The second-order valence-electron chi connectivity index (χ2n) is 6.49. The first kappa shape index (κ1) is 20.4. The summed E-state index contributed by atoms with van der Waals surface area (Å²) in [6.45, 7) is 6.53. The molecule has 3 aromatic rings. The topological polar surface area (TPSA) is 107 Å². The van der Waals surface area contributed by atoms with Crippen LogP contribution in [-0.2, 0) is 21.4 Å². The Kier molecular flexibility index (Phi) is 5.78. The monoisotopic (exact) mass is 418 g/mol. The number of carbonyl (C=O) groups is 1. The standard InChI is InChI=1S/C19H22N4O3S2/c1-4-23-17-8-7-14(28(20,25)26)10-16(17)22-19(23)27-11-18(24)21-15-9-12(2)5-6-13(15)3/h5-10H,4,11H2,1-3H3,(H,21,24)(H2,20,25,26). The molecule has 0 aliphatic carbocycles. The molecule has 0 unspecified atom stereocenters. The molecule has 0 aliphatic rings. The van der Waals surface area contributed by atoms with Crippen LogP contribution in [0.25, 0.3) is 11.0 Å². The number of sulfonamides is 1. The molecule has 7 nitrogen and oxygen atoms in total. The van der Waals surface area contributed by atoms with Gasteiger partial charge in [0.05, 0.1) is 21.7 Å². The molecule has 1 amide bonds. The number of amides is 1. The zero-order valence-corrected chi connectivity index (χ0v) is 17.5. The van der Waals surface area contributed by atoms with E-state index in [0.29, 0.717) is 17.2 Å². The molecule has 28 heavy (non-hydrogen) atoms. The van der Waals surface area contributed by atoms with Crippen molar-refractivity contribution in [2.24, 2.45) is 5.14 Å². The Bertz CT molecular complexity index is 1150. The number of carbonyl (C=O) groups excluding carboxylic acids is 1. The van der Waals surface area contributed by atoms with Crippen LogP contribution in [0, 0.1) is 13.8 Å². The van der Waals surface area contributed by atoms with E-state index in [1.54, 1.807) is 6.07 Å². The maximum atomic E-state index is 12.4. The molecule has 2 aromatic carbocycles. The molecular formula is C19H22N4O3S2. The number of thioether (sulfide) groups is 1. The lowest BCUT2D eigenvalue weighted by Crippen LogP contribution is -2.15. The van der Waals surface area contributed by atoms with Gasteiger partial charge in [0.25, 0.3) is 0 Å². The predicted molar refractivity (Wildman–Crippen MR) is 112 cm³/mol. The van der Waals surface area contributed by atoms with E-state index in [1.807, 2.05) is 43.5 Å². The van der Waals surface area contributed by atoms with Gasteiger partial charge in [0, 0.05) is 12.2 Å². The molecule has 1 aromatic heterocycles. The summed E-state index contributed by atoms with van der Waals surface area (Å²) in [7, 11) is -3.79. The van der Waals surface area contributed by atoms with Gasteiger partial charge in [-0.25, -0.2) is 18.5 Å². The maximum absolute atomic E-state index is 12.4. The van der Waals surface area contributed by atoms with E-state index in [9.17, 15) is 13.2 Å². The molecule has 3 rings (SSSR count). The molecular weight excluding hydrogens is 396 g/mol. The van der Waals surface area contributed by atoms with Gasteiger partial charge in [-0.05, 0) is 56.2 Å². The number of fused-ring (bicyclic) bond motifs is 1. The molecule has 148 valence electrons. The fourth-order valence-electron chi connectivity index (χ4n) is 2.87. The van der Waals surface area contributed by atoms with Gasteiger partial charge < -0.3 is 9.88 Å². The summed E-state index contributed by atoms with van der Waals surface area (Å²) in [5.41, 5.74) is 4.21. The van der Waals surface area contributed by atoms with Crippen LogP contribution >= 0.6 is 11.8 Å². The zero-order chi connectivity index (χ0) is 20.5. The van der Waals surface area contributed by atoms with Crippen molar-refractivity contribution in [3.8, 4) is 0 Å². The lowest BCUT2D eigenvalue weighted by molar-refractivity contribution is -0.113. The smallest absolute Gasteiger partial charge is 0.238 e. The average Bonchev–Trinajstić information content (AvgIpc) is 2.99. The van der Waals surface area contributed by atoms with E-state index >= 15 is 0 Å². The van der Waals surface area contributed by atoms with Gasteiger partial charge in [0.15, 0.2) is 5.16 Å². The first-order valence-corrected chi connectivity index (χ1v) is 11.2. The van der Waals surface area contributed by atoms with Gasteiger partial charge in [0.2, 0.25) is 15.9 Å². The Hall–Kier alpha value is -2.36. The molecule has 0 spiro atoms. The van der Waals surface area contributed by atoms with Gasteiger partial charge in [0.1, 0.15) is 0 Å². The third kappa shape index (κ3) is 4.37. The van der Waals surface area contributed by atoms with E-state index in [4.69, 9.17) is 5.14 Å². The Labute approximate surface area is 168 Å². The number of nitrogens with zero attached hydrogens (tertiary/aromatic N) is 2. The summed E-state index contributed by atoms with van der Waals surface area (Å²) in [5, 5.41) is 8.78. The molecule has 1 heterocycles. The van der Waals surface area contributed by atoms with Crippen molar-refractivity contribution in [1.82, 2.24) is 9.55 Å². The minimum Gasteiger partial charge on any atom is -0.325 e. The van der Waals surface area contributed by atoms with Crippen molar-refractivity contribution in [1.29, 1.82) is 0 Å². The number of nitrogens with one attached hydrogen (secondary N) is 1. The summed E-state index contributed by atoms with van der Waals surface area (Å²) >= 11 is 1.31. The minimum absolute atomic E-state index is 0.0185. The number of nitrogens with two attached hydrogens (primary N) is 1. The number of imidazole rings is 1. The summed E-state index contributed by atoms with van der Waals surface area (Å²) in [5.74, 6) is 0.0669. The first-order valence-electron chi connectivity index (χ1n) is 8.72. The fourth-order valence-corrected chi connectivity index (χ4v) is 4.28. The Balaban J connectivity index is 1.80. The number of hydrogen-bond donors (Lipinski definition) is 2. The van der Waals surface area contributed by atoms with E-state index in [-0.39, 0.29) is 16.6 Å². The van der Waals surface area contributed by atoms with Gasteiger partial charge in [-0.1, -0.05) is 23.9 Å². The molecule has 0 saturated carbocycles. The highest BCUT2D eigenvalue weighted by Crippen LogP contribution is 2.26. The SMILES string of the molecule is CCn1c(SCC(=O)Nc2cc(C)ccc2C)nc2cc(S(N)(=O)=O)ccc21. The molecule has 0 radical (unpaired) electrons. The van der Waals surface area contributed by atoms with Crippen molar-refractivity contribution < 1.29 is 13.2 Å². The number of anilines is 1. The summed E-state index contributed by atoms with van der Waals surface area (Å²) in [6, 6.07) is 10.5. The van der Waals surface area contributed by atoms with E-state index in [2.05, 4.69) is 10.3 Å². The van der Waals surface area contributed by atoms with Gasteiger partial charge >= 0.3 is 0 Å². The van der Waals surface area contributed by atoms with E-state index in [0.717, 1.165) is 22.3 Å². The largest absolute Gasteiger partial charge is 0.325 e. The Morgan fingerprint density at radius 1 is 1.21 bits per heavy atom. The number of aromatic nitrogens is 2. The van der Waals surface area contributed by atoms with Crippen LogP contribution in [0.5, 0.6) is 0 Å². The van der Waals surface area contributed by atoms with E-state index in [1.165, 1.54) is 23.9 Å². The number of hydrogen-bond acceptors (Lipinski definition) is 5. The fraction of sp³-hybridized carbons (Fsp3) is 0.263. The number of benzene rings is 2. The Morgan fingerprint density at radius 2 is 1.96 bits per heavy atom. The average molecular weight is 419 g/mol. The predicted octanol–water partition coefficient (Wildman–Crippen LogP) is 3.05. The van der Waals surface area contributed by atoms with Crippen LogP contribution in [0.4, 0.5) is 5.69 Å². The van der Waals surface area contributed by atoms with Crippen LogP contribution < -0.4 is 10.5 Å². The third-order valence-electron chi connectivity index (χ3n) is 4.33. The number of primary sulfonamides is 1. The second kappa shape index (κ2) is 7.94. The van der Waals surface area contributed by atoms with E-state index < -0.39 is 10.0 Å². The number of aryl methyl sites for hydroxylation is 3. The lowest BCUT2D eigenvalue weighted by Gasteiger charge is -2.09. The molecule has 3 N–H and O–H groups in total. The summed E-state index contributed by atoms with van der Waals surface area (Å²) < 4.78 is 25.1. The van der Waals surface area contributed by atoms with Crippen molar-refractivity contribution in [2.75, 3.05) is 11.1 Å². The van der Waals surface area contributed by atoms with Crippen LogP contribution in [0.3, 0.4) is 0 Å². The van der Waals surface area contributed by atoms with Crippen molar-refractivity contribution >= 4 is 44.4 Å². The second-order valence-corrected chi connectivity index (χ2v) is 8.99. The zero-order valence-electron chi connectivity index (χ0n) is 15.9. The molecule has 9 heteroatoms. The minimum atomic E-state index is -3.79. The van der Waals surface area contributed by atoms with Crippen LogP contribution in [-0.4, -0.2) is 29.6 Å². The van der Waals surface area contributed by atoms with Gasteiger partial charge in [-0.3, -0.25) is 4.79 Å².